The van der Waals surface area contributed by atoms with E-state index in [2.05, 4.69) is 5.48 Å². The zero-order chi connectivity index (χ0) is 13.1. The van der Waals surface area contributed by atoms with Crippen LogP contribution in [0.3, 0.4) is 0 Å². The standard InChI is InChI=1S/C12H21NO4/c1-12(2,3)17-13-10(14)8-6-4-5-7-9(8)11(15)16/h8-9H,4-7H2,1-3H3,(H,13,14)(H,15,16). The molecule has 1 aliphatic rings. The predicted molar refractivity (Wildman–Crippen MR) is 62.1 cm³/mol. The van der Waals surface area contributed by atoms with E-state index < -0.39 is 23.4 Å². The first-order chi connectivity index (χ1) is 7.81. The average Bonchev–Trinajstić information content (AvgIpc) is 2.25. The van der Waals surface area contributed by atoms with Crippen molar-refractivity contribution in [1.29, 1.82) is 0 Å². The molecule has 2 unspecified atom stereocenters. The minimum Gasteiger partial charge on any atom is -0.481 e. The lowest BCUT2D eigenvalue weighted by Gasteiger charge is -2.28. The van der Waals surface area contributed by atoms with Gasteiger partial charge in [0, 0.05) is 0 Å². The second kappa shape index (κ2) is 5.49. The van der Waals surface area contributed by atoms with E-state index in [1.807, 2.05) is 20.8 Å². The van der Waals surface area contributed by atoms with Crippen LogP contribution in [0.4, 0.5) is 0 Å². The highest BCUT2D eigenvalue weighted by molar-refractivity contribution is 5.84. The number of carbonyl (C=O) groups excluding carboxylic acids is 1. The number of carboxylic acids is 1. The second-order valence-electron chi connectivity index (χ2n) is 5.52. The fourth-order valence-corrected chi connectivity index (χ4v) is 2.02. The van der Waals surface area contributed by atoms with Gasteiger partial charge in [-0.2, -0.15) is 0 Å². The zero-order valence-corrected chi connectivity index (χ0v) is 10.7. The molecule has 1 saturated carbocycles. The van der Waals surface area contributed by atoms with Gasteiger partial charge in [0.05, 0.1) is 17.4 Å². The van der Waals surface area contributed by atoms with Gasteiger partial charge in [-0.1, -0.05) is 12.8 Å². The Hall–Kier alpha value is -1.10. The molecule has 5 nitrogen and oxygen atoms in total. The van der Waals surface area contributed by atoms with Gasteiger partial charge in [-0.25, -0.2) is 5.48 Å². The number of amides is 1. The van der Waals surface area contributed by atoms with Crippen LogP contribution in [0.15, 0.2) is 0 Å². The maximum atomic E-state index is 11.9. The van der Waals surface area contributed by atoms with Crippen LogP contribution in [0.5, 0.6) is 0 Å². The van der Waals surface area contributed by atoms with Gasteiger partial charge in [-0.05, 0) is 33.6 Å². The SMILES string of the molecule is CC(C)(C)ONC(=O)C1CCCCC1C(=O)O. The molecule has 17 heavy (non-hydrogen) atoms. The van der Waals surface area contributed by atoms with Crippen LogP contribution in [0.2, 0.25) is 0 Å². The van der Waals surface area contributed by atoms with Crippen LogP contribution in [0.1, 0.15) is 46.5 Å². The van der Waals surface area contributed by atoms with Gasteiger partial charge in [-0.3, -0.25) is 14.4 Å². The fourth-order valence-electron chi connectivity index (χ4n) is 2.02. The Morgan fingerprint density at radius 2 is 1.71 bits per heavy atom. The van der Waals surface area contributed by atoms with Crippen molar-refractivity contribution in [3.8, 4) is 0 Å². The predicted octanol–water partition coefficient (Wildman–Crippen LogP) is 1.72. The number of hydrogen-bond acceptors (Lipinski definition) is 3. The highest BCUT2D eigenvalue weighted by Gasteiger charge is 2.36. The minimum absolute atomic E-state index is 0.313. The number of hydroxylamine groups is 1. The van der Waals surface area contributed by atoms with Crippen molar-refractivity contribution in [3.63, 3.8) is 0 Å². The molecule has 2 N–H and O–H groups in total. The van der Waals surface area contributed by atoms with E-state index in [1.54, 1.807) is 0 Å². The molecule has 0 aliphatic heterocycles. The number of carboxylic acid groups (broad SMARTS) is 1. The summed E-state index contributed by atoms with van der Waals surface area (Å²) in [7, 11) is 0. The van der Waals surface area contributed by atoms with Crippen molar-refractivity contribution < 1.29 is 19.5 Å². The Balaban J connectivity index is 2.56. The molecule has 0 spiro atoms. The Labute approximate surface area is 101 Å². The summed E-state index contributed by atoms with van der Waals surface area (Å²) in [6.45, 7) is 5.47. The summed E-state index contributed by atoms with van der Waals surface area (Å²) in [4.78, 5) is 28.1. The molecular weight excluding hydrogens is 222 g/mol. The van der Waals surface area contributed by atoms with Crippen molar-refractivity contribution in [1.82, 2.24) is 5.48 Å². The average molecular weight is 243 g/mol. The highest BCUT2D eigenvalue weighted by atomic mass is 16.7. The molecule has 1 aliphatic carbocycles. The lowest BCUT2D eigenvalue weighted by molar-refractivity contribution is -0.159. The van der Waals surface area contributed by atoms with E-state index in [1.165, 1.54) is 0 Å². The van der Waals surface area contributed by atoms with E-state index in [-0.39, 0.29) is 5.91 Å². The highest BCUT2D eigenvalue weighted by Crippen LogP contribution is 2.30. The normalized spacial score (nSPS) is 25.4. The quantitative estimate of drug-likeness (QED) is 0.740. The molecule has 0 aromatic heterocycles. The third-order valence-electron chi connectivity index (χ3n) is 2.88. The van der Waals surface area contributed by atoms with E-state index in [4.69, 9.17) is 9.94 Å². The maximum absolute atomic E-state index is 11.9. The van der Waals surface area contributed by atoms with Crippen molar-refractivity contribution in [3.05, 3.63) is 0 Å². The molecule has 1 amide bonds. The molecule has 0 radical (unpaired) electrons. The fraction of sp³-hybridized carbons (Fsp3) is 0.833. The molecule has 0 bridgehead atoms. The first kappa shape index (κ1) is 14.0. The molecule has 0 aromatic rings. The molecule has 5 heteroatoms. The smallest absolute Gasteiger partial charge is 0.307 e. The second-order valence-corrected chi connectivity index (χ2v) is 5.52. The van der Waals surface area contributed by atoms with Crippen molar-refractivity contribution in [2.45, 2.75) is 52.1 Å². The van der Waals surface area contributed by atoms with Gasteiger partial charge >= 0.3 is 5.97 Å². The molecule has 1 fully saturated rings. The summed E-state index contributed by atoms with van der Waals surface area (Å²) in [6.07, 6.45) is 2.97. The van der Waals surface area contributed by atoms with E-state index in [0.29, 0.717) is 12.8 Å². The monoisotopic (exact) mass is 243 g/mol. The van der Waals surface area contributed by atoms with Crippen LogP contribution in [-0.4, -0.2) is 22.6 Å². The van der Waals surface area contributed by atoms with Crippen LogP contribution in [-0.2, 0) is 14.4 Å². The zero-order valence-electron chi connectivity index (χ0n) is 10.7. The Morgan fingerprint density at radius 3 is 2.18 bits per heavy atom. The number of rotatable bonds is 3. The summed E-state index contributed by atoms with van der Waals surface area (Å²) in [6, 6.07) is 0. The minimum atomic E-state index is -0.888. The van der Waals surface area contributed by atoms with E-state index in [9.17, 15) is 9.59 Å². The molecule has 0 aromatic carbocycles. The maximum Gasteiger partial charge on any atom is 0.307 e. The summed E-state index contributed by atoms with van der Waals surface area (Å²) >= 11 is 0. The Morgan fingerprint density at radius 1 is 1.18 bits per heavy atom. The summed E-state index contributed by atoms with van der Waals surface area (Å²) < 4.78 is 0. The lowest BCUT2D eigenvalue weighted by atomic mass is 9.79. The third kappa shape index (κ3) is 4.34. The van der Waals surface area contributed by atoms with Gasteiger partial charge < -0.3 is 5.11 Å². The largest absolute Gasteiger partial charge is 0.481 e. The molecular formula is C12H21NO4. The van der Waals surface area contributed by atoms with Gasteiger partial charge in [0.25, 0.3) is 0 Å². The van der Waals surface area contributed by atoms with E-state index in [0.717, 1.165) is 12.8 Å². The van der Waals surface area contributed by atoms with Crippen molar-refractivity contribution in [2.75, 3.05) is 0 Å². The van der Waals surface area contributed by atoms with Crippen LogP contribution in [0, 0.1) is 11.8 Å². The molecule has 2 atom stereocenters. The Kier molecular flexibility index (Phi) is 4.51. The number of carbonyl (C=O) groups is 2. The van der Waals surface area contributed by atoms with Gasteiger partial charge in [0.15, 0.2) is 0 Å². The van der Waals surface area contributed by atoms with Crippen LogP contribution >= 0.6 is 0 Å². The molecule has 0 saturated heterocycles. The van der Waals surface area contributed by atoms with Crippen LogP contribution in [0.25, 0.3) is 0 Å². The van der Waals surface area contributed by atoms with E-state index >= 15 is 0 Å². The third-order valence-corrected chi connectivity index (χ3v) is 2.88. The number of nitrogens with one attached hydrogen (secondary N) is 1. The summed E-state index contributed by atoms with van der Waals surface area (Å²) in [5.41, 5.74) is 1.91. The first-order valence-corrected chi connectivity index (χ1v) is 6.02. The Bertz CT molecular complexity index is 295. The molecule has 0 heterocycles. The van der Waals surface area contributed by atoms with Gasteiger partial charge in [0.1, 0.15) is 0 Å². The van der Waals surface area contributed by atoms with Crippen molar-refractivity contribution >= 4 is 11.9 Å². The van der Waals surface area contributed by atoms with Crippen molar-refractivity contribution in [2.24, 2.45) is 11.8 Å². The summed E-state index contributed by atoms with van der Waals surface area (Å²) in [5.74, 6) is -2.25. The molecule has 1 rings (SSSR count). The topological polar surface area (TPSA) is 75.6 Å². The van der Waals surface area contributed by atoms with Crippen LogP contribution < -0.4 is 5.48 Å². The molecule has 98 valence electrons. The number of hydrogen-bond donors (Lipinski definition) is 2. The lowest BCUT2D eigenvalue weighted by Crippen LogP contribution is -2.42. The van der Waals surface area contributed by atoms with Gasteiger partial charge in [-0.15, -0.1) is 0 Å². The summed E-state index contributed by atoms with van der Waals surface area (Å²) in [5, 5.41) is 9.06. The number of aliphatic carboxylic acids is 1. The first-order valence-electron chi connectivity index (χ1n) is 6.02. The van der Waals surface area contributed by atoms with Gasteiger partial charge in [0.2, 0.25) is 5.91 Å².